The van der Waals surface area contributed by atoms with E-state index in [9.17, 15) is 0 Å². The number of hydrogen-bond acceptors (Lipinski definition) is 4. The molecule has 19 heavy (non-hydrogen) atoms. The number of fused-ring (bicyclic) bond motifs is 1. The molecule has 5 nitrogen and oxygen atoms in total. The molecule has 0 spiro atoms. The Hall–Kier alpha value is -1.65. The van der Waals surface area contributed by atoms with Crippen LogP contribution in [0.1, 0.15) is 43.5 Å². The van der Waals surface area contributed by atoms with E-state index in [1.807, 2.05) is 6.92 Å². The first-order chi connectivity index (χ1) is 9.15. The minimum absolute atomic E-state index is 0.0196. The Bertz CT molecular complexity index is 499. The normalized spacial score (nSPS) is 26.3. The van der Waals surface area contributed by atoms with Gasteiger partial charge in [-0.2, -0.15) is 0 Å². The molecule has 2 aliphatic rings. The van der Waals surface area contributed by atoms with Crippen LogP contribution in [0.3, 0.4) is 0 Å². The zero-order valence-corrected chi connectivity index (χ0v) is 11.4. The summed E-state index contributed by atoms with van der Waals surface area (Å²) in [5.41, 5.74) is 6.98. The molecule has 3 N–H and O–H groups in total. The van der Waals surface area contributed by atoms with E-state index < -0.39 is 0 Å². The molecule has 1 saturated heterocycles. The lowest BCUT2D eigenvalue weighted by Gasteiger charge is -2.31. The number of aromatic nitrogens is 2. The van der Waals surface area contributed by atoms with Gasteiger partial charge in [-0.15, -0.1) is 0 Å². The Morgan fingerprint density at radius 3 is 2.89 bits per heavy atom. The van der Waals surface area contributed by atoms with Gasteiger partial charge in [0.1, 0.15) is 11.5 Å². The third kappa shape index (κ3) is 2.29. The van der Waals surface area contributed by atoms with Gasteiger partial charge in [0.25, 0.3) is 0 Å². The molecule has 102 valence electrons. The summed E-state index contributed by atoms with van der Waals surface area (Å²) >= 11 is 0. The molecule has 0 bridgehead atoms. The van der Waals surface area contributed by atoms with Gasteiger partial charge in [0.05, 0.1) is 0 Å². The van der Waals surface area contributed by atoms with E-state index in [1.54, 1.807) is 6.07 Å². The summed E-state index contributed by atoms with van der Waals surface area (Å²) < 4.78 is 0. The Morgan fingerprint density at radius 2 is 2.11 bits per heavy atom. The Kier molecular flexibility index (Phi) is 3.12. The fourth-order valence-corrected chi connectivity index (χ4v) is 3.47. The van der Waals surface area contributed by atoms with Gasteiger partial charge in [0.15, 0.2) is 0 Å². The van der Waals surface area contributed by atoms with E-state index in [1.165, 1.54) is 32.1 Å². The molecule has 3 rings (SSSR count). The summed E-state index contributed by atoms with van der Waals surface area (Å²) in [6.45, 7) is 2.97. The summed E-state index contributed by atoms with van der Waals surface area (Å²) in [6, 6.07) is 2.37. The standard InChI is InChI=1S/C14H21N5/c1-9-8-11(13(15)16)18-14(17-9)19-7-6-10-4-2-3-5-12(10)19/h8,10,12H,2-7H2,1H3,(H3,15,16). The smallest absolute Gasteiger partial charge is 0.226 e. The molecule has 1 aromatic heterocycles. The van der Waals surface area contributed by atoms with Crippen molar-refractivity contribution in [3.63, 3.8) is 0 Å². The summed E-state index contributed by atoms with van der Waals surface area (Å²) in [6.07, 6.45) is 6.51. The number of nitrogens with zero attached hydrogens (tertiary/aromatic N) is 3. The fraction of sp³-hybridized carbons (Fsp3) is 0.643. The molecular weight excluding hydrogens is 238 g/mol. The number of nitrogens with two attached hydrogens (primary N) is 1. The molecule has 1 saturated carbocycles. The largest absolute Gasteiger partial charge is 0.382 e. The van der Waals surface area contributed by atoms with E-state index in [-0.39, 0.29) is 5.84 Å². The van der Waals surface area contributed by atoms with Crippen LogP contribution in [0.15, 0.2) is 6.07 Å². The van der Waals surface area contributed by atoms with E-state index in [2.05, 4.69) is 14.9 Å². The number of nitrogen functional groups attached to an aromatic ring is 1. The Labute approximate surface area is 113 Å². The maximum absolute atomic E-state index is 7.55. The van der Waals surface area contributed by atoms with Crippen molar-refractivity contribution in [1.29, 1.82) is 5.41 Å². The van der Waals surface area contributed by atoms with Crippen molar-refractivity contribution >= 4 is 11.8 Å². The number of amidine groups is 1. The van der Waals surface area contributed by atoms with Crippen LogP contribution in [0.5, 0.6) is 0 Å². The summed E-state index contributed by atoms with van der Waals surface area (Å²) in [4.78, 5) is 11.4. The van der Waals surface area contributed by atoms with Crippen molar-refractivity contribution in [1.82, 2.24) is 9.97 Å². The van der Waals surface area contributed by atoms with Crippen LogP contribution in [-0.4, -0.2) is 28.4 Å². The van der Waals surface area contributed by atoms with Gasteiger partial charge in [0.2, 0.25) is 5.95 Å². The van der Waals surface area contributed by atoms with Gasteiger partial charge < -0.3 is 10.6 Å². The molecule has 2 heterocycles. The highest BCUT2D eigenvalue weighted by Gasteiger charge is 2.37. The highest BCUT2D eigenvalue weighted by atomic mass is 15.3. The SMILES string of the molecule is Cc1cc(C(=N)N)nc(N2CCC3CCCCC32)n1. The predicted octanol–water partition coefficient (Wildman–Crippen LogP) is 1.84. The second kappa shape index (κ2) is 4.79. The highest BCUT2D eigenvalue weighted by Crippen LogP contribution is 2.37. The predicted molar refractivity (Wildman–Crippen MR) is 75.5 cm³/mol. The summed E-state index contributed by atoms with van der Waals surface area (Å²) in [5.74, 6) is 1.59. The van der Waals surface area contributed by atoms with Gasteiger partial charge in [-0.05, 0) is 38.2 Å². The molecule has 0 radical (unpaired) electrons. The fourth-order valence-electron chi connectivity index (χ4n) is 3.47. The first-order valence-electron chi connectivity index (χ1n) is 7.12. The van der Waals surface area contributed by atoms with Crippen molar-refractivity contribution in [3.05, 3.63) is 17.5 Å². The second-order valence-electron chi connectivity index (χ2n) is 5.70. The first-order valence-corrected chi connectivity index (χ1v) is 7.12. The molecule has 1 aromatic rings. The average molecular weight is 259 g/mol. The van der Waals surface area contributed by atoms with Crippen LogP contribution in [0, 0.1) is 18.3 Å². The van der Waals surface area contributed by atoms with E-state index in [4.69, 9.17) is 11.1 Å². The van der Waals surface area contributed by atoms with Gasteiger partial charge in [-0.3, -0.25) is 5.41 Å². The van der Waals surface area contributed by atoms with Crippen molar-refractivity contribution < 1.29 is 0 Å². The van der Waals surface area contributed by atoms with Gasteiger partial charge in [-0.1, -0.05) is 12.8 Å². The lowest BCUT2D eigenvalue weighted by Crippen LogP contribution is -2.36. The quantitative estimate of drug-likeness (QED) is 0.627. The number of aryl methyl sites for hydroxylation is 1. The average Bonchev–Trinajstić information content (AvgIpc) is 2.81. The molecule has 2 fully saturated rings. The number of nitrogens with one attached hydrogen (secondary N) is 1. The number of anilines is 1. The zero-order valence-electron chi connectivity index (χ0n) is 11.4. The summed E-state index contributed by atoms with van der Waals surface area (Å²) in [7, 11) is 0. The molecule has 1 aliphatic heterocycles. The van der Waals surface area contributed by atoms with Gasteiger partial charge in [-0.25, -0.2) is 9.97 Å². The van der Waals surface area contributed by atoms with E-state index >= 15 is 0 Å². The van der Waals surface area contributed by atoms with Crippen molar-refractivity contribution in [2.45, 2.75) is 45.1 Å². The Morgan fingerprint density at radius 1 is 1.32 bits per heavy atom. The van der Waals surface area contributed by atoms with Gasteiger partial charge >= 0.3 is 0 Å². The number of rotatable bonds is 2. The lowest BCUT2D eigenvalue weighted by atomic mass is 9.85. The third-order valence-corrected chi connectivity index (χ3v) is 4.39. The Balaban J connectivity index is 1.91. The minimum atomic E-state index is 0.0196. The topological polar surface area (TPSA) is 78.9 Å². The van der Waals surface area contributed by atoms with Crippen LogP contribution in [0.2, 0.25) is 0 Å². The van der Waals surface area contributed by atoms with Crippen molar-refractivity contribution in [2.24, 2.45) is 11.7 Å². The lowest BCUT2D eigenvalue weighted by molar-refractivity contribution is 0.340. The van der Waals surface area contributed by atoms with Crippen molar-refractivity contribution in [2.75, 3.05) is 11.4 Å². The van der Waals surface area contributed by atoms with Crippen LogP contribution in [0.25, 0.3) is 0 Å². The van der Waals surface area contributed by atoms with Crippen LogP contribution in [-0.2, 0) is 0 Å². The van der Waals surface area contributed by atoms with Crippen molar-refractivity contribution in [3.8, 4) is 0 Å². The monoisotopic (exact) mass is 259 g/mol. The van der Waals surface area contributed by atoms with Crippen LogP contribution >= 0.6 is 0 Å². The first kappa shape index (κ1) is 12.4. The van der Waals surface area contributed by atoms with Crippen LogP contribution in [0.4, 0.5) is 5.95 Å². The summed E-state index contributed by atoms with van der Waals surface area (Å²) in [5, 5.41) is 7.55. The van der Waals surface area contributed by atoms with Gasteiger partial charge in [0, 0.05) is 18.3 Å². The molecule has 2 atom stereocenters. The molecule has 0 amide bonds. The van der Waals surface area contributed by atoms with E-state index in [0.29, 0.717) is 11.7 Å². The highest BCUT2D eigenvalue weighted by molar-refractivity contribution is 5.93. The maximum atomic E-state index is 7.55. The zero-order chi connectivity index (χ0) is 13.4. The number of hydrogen-bond donors (Lipinski definition) is 2. The van der Waals surface area contributed by atoms with Crippen LogP contribution < -0.4 is 10.6 Å². The molecule has 1 aliphatic carbocycles. The molecule has 0 aromatic carbocycles. The second-order valence-corrected chi connectivity index (χ2v) is 5.70. The van der Waals surface area contributed by atoms with E-state index in [0.717, 1.165) is 24.1 Å². The molecule has 5 heteroatoms. The molecule has 2 unspecified atom stereocenters. The molecular formula is C14H21N5. The maximum Gasteiger partial charge on any atom is 0.226 e. The third-order valence-electron chi connectivity index (χ3n) is 4.39. The minimum Gasteiger partial charge on any atom is -0.382 e.